The highest BCUT2D eigenvalue weighted by atomic mass is 15.2. The van der Waals surface area contributed by atoms with E-state index in [1.807, 2.05) is 0 Å². The standard InChI is InChI=1S/2C60H40N2.CH4/c1-3-25-43(26-4-1)61(55-39-19-23-41-21-7-9-29-45(41)55)59-51-35-15-11-31-47(51)57(48-32-12-16-36-52(48)59)58-49-33-13-17-37-53(49)60(54-38-18-14-34-50(54)58)62(44-27-5-2-6-28-44)56-40-20-24-42-22-8-10-30-46(42)56;1-3-23-45(24-4-1)61(47-37-35-41-19-7-9-21-43(41)39-47)59-53-31-15-11-27-49(53)57(50-28-12-16-32-54(50)59)58-51-29-13-17-33-55(51)60(56-34-18-14-30-52(56)58)62(46-25-5-2-6-26-46)48-38-36-42-20-8-10-22-44(42)40-48;/h2*1-40H;1H4. The Morgan fingerprint density at radius 3 is 0.552 bits per heavy atom. The number of benzene rings is 24. The van der Waals surface area contributed by atoms with Crippen LogP contribution in [0.1, 0.15) is 7.43 Å². The largest absolute Gasteiger partial charge is 0.309 e. The summed E-state index contributed by atoms with van der Waals surface area (Å²) in [5, 5.41) is 28.9. The number of rotatable bonds is 14. The van der Waals surface area contributed by atoms with Crippen LogP contribution in [0.15, 0.2) is 485 Å². The summed E-state index contributed by atoms with van der Waals surface area (Å²) in [4.78, 5) is 9.89. The van der Waals surface area contributed by atoms with Gasteiger partial charge in [0.05, 0.1) is 34.1 Å². The van der Waals surface area contributed by atoms with E-state index in [0.717, 1.165) is 45.5 Å². The van der Waals surface area contributed by atoms with Crippen LogP contribution in [0.4, 0.5) is 68.2 Å². The highest BCUT2D eigenvalue weighted by molar-refractivity contribution is 6.34. The summed E-state index contributed by atoms with van der Waals surface area (Å²) >= 11 is 0. The van der Waals surface area contributed by atoms with Crippen LogP contribution in [0, 0.1) is 0 Å². The molecule has 0 unspecified atom stereocenters. The van der Waals surface area contributed by atoms with Gasteiger partial charge in [0.2, 0.25) is 0 Å². The van der Waals surface area contributed by atoms with Gasteiger partial charge in [0.1, 0.15) is 0 Å². The van der Waals surface area contributed by atoms with Crippen LogP contribution in [-0.2, 0) is 0 Å². The van der Waals surface area contributed by atoms with Crippen LogP contribution in [-0.4, -0.2) is 0 Å². The minimum atomic E-state index is 0. The van der Waals surface area contributed by atoms with Gasteiger partial charge in [-0.1, -0.05) is 408 Å². The van der Waals surface area contributed by atoms with Crippen molar-refractivity contribution in [1.29, 1.82) is 0 Å². The second kappa shape index (κ2) is 32.0. The van der Waals surface area contributed by atoms with Crippen LogP contribution in [0.5, 0.6) is 0 Å². The molecule has 125 heavy (non-hydrogen) atoms. The fourth-order valence-electron chi connectivity index (χ4n) is 19.8. The monoisotopic (exact) mass is 1590 g/mol. The summed E-state index contributed by atoms with van der Waals surface area (Å²) in [7, 11) is 0. The Morgan fingerprint density at radius 2 is 0.296 bits per heavy atom. The Hall–Kier alpha value is -16.4. The zero-order valence-corrected chi connectivity index (χ0v) is 68.0. The van der Waals surface area contributed by atoms with Crippen molar-refractivity contribution in [2.45, 2.75) is 7.43 Å². The minimum absolute atomic E-state index is 0. The molecule has 24 rings (SSSR count). The molecule has 24 aromatic rings. The normalized spacial score (nSPS) is 11.5. The molecule has 0 saturated heterocycles. The predicted octanol–water partition coefficient (Wildman–Crippen LogP) is 35.1. The third-order valence-electron chi connectivity index (χ3n) is 25.1. The van der Waals surface area contributed by atoms with Crippen molar-refractivity contribution >= 4 is 198 Å². The summed E-state index contributed by atoms with van der Waals surface area (Å²) in [5.41, 5.74) is 18.6. The predicted molar refractivity (Wildman–Crippen MR) is 539 cm³/mol. The Bertz CT molecular complexity index is 7550. The average molecular weight is 1590 g/mol. The molecule has 0 heterocycles. The first-order valence-corrected chi connectivity index (χ1v) is 42.7. The molecule has 0 aromatic heterocycles. The van der Waals surface area contributed by atoms with Crippen molar-refractivity contribution in [3.05, 3.63) is 485 Å². The first-order valence-electron chi connectivity index (χ1n) is 42.7. The number of anilines is 12. The maximum Gasteiger partial charge on any atom is 0.0619 e. The van der Waals surface area contributed by atoms with Crippen molar-refractivity contribution in [2.75, 3.05) is 19.6 Å². The molecular formula is C121H84N4. The fourth-order valence-corrected chi connectivity index (χ4v) is 19.8. The van der Waals surface area contributed by atoms with Gasteiger partial charge in [-0.2, -0.15) is 0 Å². The Morgan fingerprint density at radius 1 is 0.112 bits per heavy atom. The molecule has 0 aliphatic rings. The maximum absolute atomic E-state index is 2.48. The van der Waals surface area contributed by atoms with Crippen molar-refractivity contribution in [2.24, 2.45) is 0 Å². The van der Waals surface area contributed by atoms with Crippen LogP contribution in [0.2, 0.25) is 0 Å². The highest BCUT2D eigenvalue weighted by Crippen LogP contribution is 2.58. The molecule has 0 bridgehead atoms. The number of fused-ring (bicyclic) bond motifs is 12. The Labute approximate surface area is 727 Å². The van der Waals surface area contributed by atoms with E-state index in [1.165, 1.54) is 174 Å². The van der Waals surface area contributed by atoms with Gasteiger partial charge >= 0.3 is 0 Å². The molecule has 0 fully saturated rings. The molecule has 588 valence electrons. The Kier molecular flexibility index (Phi) is 19.1. The molecular weight excluding hydrogens is 1510 g/mol. The minimum Gasteiger partial charge on any atom is -0.309 e. The van der Waals surface area contributed by atoms with E-state index in [2.05, 4.69) is 505 Å². The van der Waals surface area contributed by atoms with E-state index in [0.29, 0.717) is 0 Å². The number of para-hydroxylation sites is 4. The van der Waals surface area contributed by atoms with E-state index in [9.17, 15) is 0 Å². The molecule has 0 aliphatic heterocycles. The van der Waals surface area contributed by atoms with Crippen LogP contribution >= 0.6 is 0 Å². The van der Waals surface area contributed by atoms with Gasteiger partial charge < -0.3 is 19.6 Å². The summed E-state index contributed by atoms with van der Waals surface area (Å²) in [6.45, 7) is 0. The zero-order chi connectivity index (χ0) is 82.0. The number of hydrogen-bond acceptors (Lipinski definition) is 4. The van der Waals surface area contributed by atoms with Crippen molar-refractivity contribution < 1.29 is 0 Å². The van der Waals surface area contributed by atoms with Crippen molar-refractivity contribution in [3.63, 3.8) is 0 Å². The molecule has 0 saturated carbocycles. The third kappa shape index (κ3) is 12.8. The lowest BCUT2D eigenvalue weighted by molar-refractivity contribution is 1.31. The molecule has 4 heteroatoms. The van der Waals surface area contributed by atoms with E-state index in [4.69, 9.17) is 0 Å². The van der Waals surface area contributed by atoms with E-state index in [-0.39, 0.29) is 7.43 Å². The Balaban J connectivity index is 0.000000147. The summed E-state index contributed by atoms with van der Waals surface area (Å²) in [6, 6.07) is 177. The zero-order valence-electron chi connectivity index (χ0n) is 68.0. The second-order valence-electron chi connectivity index (χ2n) is 32.0. The molecule has 4 nitrogen and oxygen atoms in total. The molecule has 0 N–H and O–H groups in total. The summed E-state index contributed by atoms with van der Waals surface area (Å²) < 4.78 is 0. The lowest BCUT2D eigenvalue weighted by Crippen LogP contribution is -2.12. The smallest absolute Gasteiger partial charge is 0.0619 e. The maximum atomic E-state index is 2.48. The molecule has 0 amide bonds. The first-order chi connectivity index (χ1) is 61.6. The van der Waals surface area contributed by atoms with E-state index < -0.39 is 0 Å². The van der Waals surface area contributed by atoms with Gasteiger partial charge in [0, 0.05) is 88.0 Å². The molecule has 0 spiro atoms. The topological polar surface area (TPSA) is 13.0 Å². The van der Waals surface area contributed by atoms with Crippen LogP contribution in [0.25, 0.3) is 152 Å². The second-order valence-corrected chi connectivity index (χ2v) is 32.0. The van der Waals surface area contributed by atoms with Gasteiger partial charge in [0.15, 0.2) is 0 Å². The van der Waals surface area contributed by atoms with Crippen LogP contribution < -0.4 is 19.6 Å². The van der Waals surface area contributed by atoms with Crippen LogP contribution in [0.3, 0.4) is 0 Å². The lowest BCUT2D eigenvalue weighted by atomic mass is 9.84. The molecule has 0 aliphatic carbocycles. The fraction of sp³-hybridized carbons (Fsp3) is 0.00826. The van der Waals surface area contributed by atoms with E-state index in [1.54, 1.807) is 0 Å². The first kappa shape index (κ1) is 74.9. The third-order valence-corrected chi connectivity index (χ3v) is 25.1. The molecule has 24 aromatic carbocycles. The average Bonchev–Trinajstić information content (AvgIpc) is 0.709. The number of hydrogen-bond donors (Lipinski definition) is 0. The van der Waals surface area contributed by atoms with Gasteiger partial charge in [0.25, 0.3) is 0 Å². The van der Waals surface area contributed by atoms with E-state index >= 15 is 0 Å². The molecule has 0 radical (unpaired) electrons. The van der Waals surface area contributed by atoms with Gasteiger partial charge in [-0.05, 0) is 183 Å². The highest BCUT2D eigenvalue weighted by Gasteiger charge is 2.31. The van der Waals surface area contributed by atoms with Gasteiger partial charge in [-0.25, -0.2) is 0 Å². The SMILES string of the molecule is C.c1ccc(N(c2ccc3ccccc3c2)c2c3ccccc3c(-c3c4ccccc4c(N(c4ccccc4)c4ccc5ccccc5c4)c4ccccc34)c3ccccc23)cc1.c1ccc(N(c2cccc3ccccc23)c2c3ccccc3c(-c3c4ccccc4c(N(c4ccccc4)c4cccc5ccccc45)c4ccccc34)c3ccccc23)cc1. The quantitative estimate of drug-likeness (QED) is 0.101. The van der Waals surface area contributed by atoms with Crippen molar-refractivity contribution in [3.8, 4) is 22.3 Å². The van der Waals surface area contributed by atoms with Gasteiger partial charge in [-0.15, -0.1) is 0 Å². The van der Waals surface area contributed by atoms with Crippen molar-refractivity contribution in [1.82, 2.24) is 0 Å². The summed E-state index contributed by atoms with van der Waals surface area (Å²) in [5.74, 6) is 0. The lowest BCUT2D eigenvalue weighted by Gasteiger charge is -2.32. The molecule has 0 atom stereocenters. The number of nitrogens with zero attached hydrogens (tertiary/aromatic N) is 4. The van der Waals surface area contributed by atoms with Gasteiger partial charge in [-0.3, -0.25) is 0 Å². The summed E-state index contributed by atoms with van der Waals surface area (Å²) in [6.07, 6.45) is 0.